The van der Waals surface area contributed by atoms with E-state index >= 15 is 0 Å². The molecule has 0 unspecified atom stereocenters. The van der Waals surface area contributed by atoms with E-state index in [1.807, 2.05) is 48.1 Å². The standard InChI is InChI=1S/C26H34N4O4/c1-4-29(5-2)14-15-30-20-22(19-27-30)28-26(31)21-12-13-24(25(18-21)32-6-3)34-17-16-33-23-10-8-7-9-11-23/h7-13,18-20H,4-6,14-17H2,1-3H3,(H,28,31). The lowest BCUT2D eigenvalue weighted by atomic mass is 10.2. The highest BCUT2D eigenvalue weighted by Gasteiger charge is 2.13. The molecule has 8 nitrogen and oxygen atoms in total. The number of aromatic nitrogens is 2. The molecule has 2 aromatic carbocycles. The van der Waals surface area contributed by atoms with E-state index in [0.29, 0.717) is 42.6 Å². The Bertz CT molecular complexity index is 1020. The van der Waals surface area contributed by atoms with Crippen molar-refractivity contribution in [2.45, 2.75) is 27.3 Å². The molecule has 1 N–H and O–H groups in total. The Morgan fingerprint density at radius 1 is 0.971 bits per heavy atom. The van der Waals surface area contributed by atoms with Crippen molar-refractivity contribution in [2.24, 2.45) is 0 Å². The molecule has 0 radical (unpaired) electrons. The zero-order valence-electron chi connectivity index (χ0n) is 20.2. The van der Waals surface area contributed by atoms with Crippen LogP contribution in [0.1, 0.15) is 31.1 Å². The van der Waals surface area contributed by atoms with Crippen LogP contribution in [0.3, 0.4) is 0 Å². The molecule has 1 aromatic heterocycles. The molecule has 0 atom stereocenters. The molecule has 1 amide bonds. The van der Waals surface area contributed by atoms with Crippen molar-refractivity contribution in [2.75, 3.05) is 44.8 Å². The summed E-state index contributed by atoms with van der Waals surface area (Å²) in [6.07, 6.45) is 3.50. The third-order valence-corrected chi connectivity index (χ3v) is 5.29. The Hall–Kier alpha value is -3.52. The number of amides is 1. The summed E-state index contributed by atoms with van der Waals surface area (Å²) in [4.78, 5) is 15.1. The van der Waals surface area contributed by atoms with E-state index in [-0.39, 0.29) is 5.91 Å². The van der Waals surface area contributed by atoms with Gasteiger partial charge in [-0.1, -0.05) is 32.0 Å². The van der Waals surface area contributed by atoms with E-state index in [1.54, 1.807) is 24.4 Å². The first-order valence-corrected chi connectivity index (χ1v) is 11.8. The predicted octanol–water partition coefficient (Wildman–Crippen LogP) is 4.33. The lowest BCUT2D eigenvalue weighted by Gasteiger charge is -2.17. The lowest BCUT2D eigenvalue weighted by molar-refractivity contribution is 0.102. The van der Waals surface area contributed by atoms with Crippen molar-refractivity contribution in [3.8, 4) is 17.2 Å². The highest BCUT2D eigenvalue weighted by atomic mass is 16.5. The summed E-state index contributed by atoms with van der Waals surface area (Å²) >= 11 is 0. The molecule has 3 aromatic rings. The fourth-order valence-corrected chi connectivity index (χ4v) is 3.40. The molecule has 0 spiro atoms. The van der Waals surface area contributed by atoms with E-state index in [9.17, 15) is 4.79 Å². The fourth-order valence-electron chi connectivity index (χ4n) is 3.40. The van der Waals surface area contributed by atoms with Crippen LogP contribution in [0.2, 0.25) is 0 Å². The minimum Gasteiger partial charge on any atom is -0.490 e. The average Bonchev–Trinajstić information content (AvgIpc) is 3.31. The molecule has 8 heteroatoms. The smallest absolute Gasteiger partial charge is 0.255 e. The summed E-state index contributed by atoms with van der Waals surface area (Å²) in [6, 6.07) is 14.7. The normalized spacial score (nSPS) is 10.8. The molecule has 0 aliphatic heterocycles. The molecule has 182 valence electrons. The molecule has 0 aliphatic carbocycles. The Morgan fingerprint density at radius 2 is 1.74 bits per heavy atom. The van der Waals surface area contributed by atoms with Gasteiger partial charge < -0.3 is 24.4 Å². The largest absolute Gasteiger partial charge is 0.490 e. The van der Waals surface area contributed by atoms with Crippen LogP contribution in [-0.2, 0) is 6.54 Å². The highest BCUT2D eigenvalue weighted by molar-refractivity contribution is 6.04. The summed E-state index contributed by atoms with van der Waals surface area (Å²) in [7, 11) is 0. The van der Waals surface area contributed by atoms with Crippen molar-refractivity contribution >= 4 is 11.6 Å². The van der Waals surface area contributed by atoms with Crippen molar-refractivity contribution in [1.82, 2.24) is 14.7 Å². The van der Waals surface area contributed by atoms with Gasteiger partial charge in [-0.2, -0.15) is 5.10 Å². The molecule has 34 heavy (non-hydrogen) atoms. The Morgan fingerprint density at radius 3 is 2.47 bits per heavy atom. The zero-order valence-corrected chi connectivity index (χ0v) is 20.2. The van der Waals surface area contributed by atoms with Crippen LogP contribution < -0.4 is 19.5 Å². The number of likely N-dealkylation sites (N-methyl/N-ethyl adjacent to an activating group) is 1. The lowest BCUT2D eigenvalue weighted by Crippen LogP contribution is -2.27. The van der Waals surface area contributed by atoms with Crippen LogP contribution in [0.5, 0.6) is 17.2 Å². The van der Waals surface area contributed by atoms with Gasteiger partial charge in [0.25, 0.3) is 5.91 Å². The van der Waals surface area contributed by atoms with Crippen LogP contribution in [0, 0.1) is 0 Å². The van der Waals surface area contributed by atoms with Gasteiger partial charge in [-0.05, 0) is 50.3 Å². The van der Waals surface area contributed by atoms with Gasteiger partial charge in [-0.3, -0.25) is 9.48 Å². The van der Waals surface area contributed by atoms with Gasteiger partial charge in [0.1, 0.15) is 19.0 Å². The summed E-state index contributed by atoms with van der Waals surface area (Å²) in [5, 5.41) is 7.25. The molecular formula is C26H34N4O4. The number of carbonyl (C=O) groups is 1. The number of hydrogen-bond donors (Lipinski definition) is 1. The van der Waals surface area contributed by atoms with Crippen LogP contribution in [0.15, 0.2) is 60.9 Å². The summed E-state index contributed by atoms with van der Waals surface area (Å²) < 4.78 is 19.0. The van der Waals surface area contributed by atoms with Crippen LogP contribution in [0.4, 0.5) is 5.69 Å². The minimum atomic E-state index is -0.233. The summed E-state index contributed by atoms with van der Waals surface area (Å²) in [6.45, 7) is 11.1. The maximum atomic E-state index is 12.8. The Labute approximate surface area is 201 Å². The van der Waals surface area contributed by atoms with E-state index in [4.69, 9.17) is 14.2 Å². The highest BCUT2D eigenvalue weighted by Crippen LogP contribution is 2.29. The topological polar surface area (TPSA) is 77.9 Å². The van der Waals surface area contributed by atoms with Gasteiger partial charge in [-0.15, -0.1) is 0 Å². The quantitative estimate of drug-likeness (QED) is 0.356. The minimum absolute atomic E-state index is 0.233. The van der Waals surface area contributed by atoms with E-state index in [0.717, 1.165) is 31.9 Å². The summed E-state index contributed by atoms with van der Waals surface area (Å²) in [5.74, 6) is 1.65. The van der Waals surface area contributed by atoms with E-state index in [2.05, 4.69) is 29.2 Å². The van der Waals surface area contributed by atoms with Crippen molar-refractivity contribution < 1.29 is 19.0 Å². The SMILES string of the molecule is CCOc1cc(C(=O)Nc2cnn(CCN(CC)CC)c2)ccc1OCCOc1ccccc1. The number of carbonyl (C=O) groups excluding carboxylic acids is 1. The second kappa shape index (κ2) is 13.3. The Kier molecular flexibility index (Phi) is 9.79. The van der Waals surface area contributed by atoms with Crippen LogP contribution >= 0.6 is 0 Å². The number of para-hydroxylation sites is 1. The van der Waals surface area contributed by atoms with Crippen molar-refractivity contribution in [3.63, 3.8) is 0 Å². The van der Waals surface area contributed by atoms with E-state index < -0.39 is 0 Å². The molecule has 1 heterocycles. The molecular weight excluding hydrogens is 432 g/mol. The number of nitrogens with one attached hydrogen (secondary N) is 1. The average molecular weight is 467 g/mol. The molecule has 0 saturated heterocycles. The first kappa shape index (κ1) is 25.1. The van der Waals surface area contributed by atoms with Gasteiger partial charge in [0.15, 0.2) is 11.5 Å². The third-order valence-electron chi connectivity index (χ3n) is 5.29. The first-order chi connectivity index (χ1) is 16.6. The van der Waals surface area contributed by atoms with Gasteiger partial charge >= 0.3 is 0 Å². The van der Waals surface area contributed by atoms with Gasteiger partial charge in [0.2, 0.25) is 0 Å². The molecule has 0 saturated carbocycles. The molecule has 3 rings (SSSR count). The van der Waals surface area contributed by atoms with Crippen molar-refractivity contribution in [1.29, 1.82) is 0 Å². The number of nitrogens with zero attached hydrogens (tertiary/aromatic N) is 3. The van der Waals surface area contributed by atoms with Crippen LogP contribution in [-0.4, -0.2) is 60.0 Å². The third kappa shape index (κ3) is 7.52. The second-order valence-corrected chi connectivity index (χ2v) is 7.58. The molecule has 0 bridgehead atoms. The monoisotopic (exact) mass is 466 g/mol. The second-order valence-electron chi connectivity index (χ2n) is 7.58. The molecule has 0 aliphatic rings. The van der Waals surface area contributed by atoms with Crippen molar-refractivity contribution in [3.05, 3.63) is 66.5 Å². The van der Waals surface area contributed by atoms with Gasteiger partial charge in [0.05, 0.1) is 25.0 Å². The van der Waals surface area contributed by atoms with E-state index in [1.165, 1.54) is 0 Å². The predicted molar refractivity (Wildman–Crippen MR) is 133 cm³/mol. The molecule has 0 fully saturated rings. The van der Waals surface area contributed by atoms with Crippen LogP contribution in [0.25, 0.3) is 0 Å². The summed E-state index contributed by atoms with van der Waals surface area (Å²) in [5.41, 5.74) is 1.13. The number of hydrogen-bond acceptors (Lipinski definition) is 6. The number of rotatable bonds is 14. The van der Waals surface area contributed by atoms with Gasteiger partial charge in [-0.25, -0.2) is 0 Å². The fraction of sp³-hybridized carbons (Fsp3) is 0.385. The maximum absolute atomic E-state index is 12.8. The van der Waals surface area contributed by atoms with Gasteiger partial charge in [0, 0.05) is 18.3 Å². The number of ether oxygens (including phenoxy) is 3. The zero-order chi connectivity index (χ0) is 24.2. The number of anilines is 1. The Balaban J connectivity index is 1.55. The maximum Gasteiger partial charge on any atom is 0.255 e. The first-order valence-electron chi connectivity index (χ1n) is 11.8. The number of benzene rings is 2.